The topological polar surface area (TPSA) is 9.23 Å². The number of allylic oxidation sites excluding steroid dienone is 1. The summed E-state index contributed by atoms with van der Waals surface area (Å²) in [5.41, 5.74) is 0. The maximum atomic E-state index is 7.32. The van der Waals surface area contributed by atoms with E-state index in [0.29, 0.717) is 0 Å². The minimum Gasteiger partial charge on any atom is -0.404 e. The highest BCUT2D eigenvalue weighted by molar-refractivity contribution is 6.99. The molecule has 0 heterocycles. The molecular formula is C20H26OSi. The molecule has 0 N–H and O–H groups in total. The van der Waals surface area contributed by atoms with Gasteiger partial charge in [-0.1, -0.05) is 93.6 Å². The summed E-state index contributed by atoms with van der Waals surface area (Å²) in [5.74, 6) is 0. The van der Waals surface area contributed by atoms with Crippen molar-refractivity contribution in [3.05, 3.63) is 72.8 Å². The molecule has 0 fully saturated rings. The van der Waals surface area contributed by atoms with Crippen LogP contribution in [0, 0.1) is 0 Å². The molecule has 2 heteroatoms. The van der Waals surface area contributed by atoms with Crippen molar-refractivity contribution in [1.82, 2.24) is 0 Å². The molecule has 2 aromatic carbocycles. The van der Waals surface area contributed by atoms with E-state index in [1.54, 1.807) is 6.08 Å². The molecule has 0 aliphatic rings. The molecule has 0 saturated carbocycles. The average molecular weight is 314 g/mol. The van der Waals surface area contributed by atoms with Gasteiger partial charge in [0, 0.05) is 4.11 Å². The molecule has 2 aromatic rings. The molecule has 0 radical (unpaired) electrons. The first-order valence-corrected chi connectivity index (χ1v) is 9.50. The van der Waals surface area contributed by atoms with Gasteiger partial charge in [-0.15, -0.1) is 0 Å². The van der Waals surface area contributed by atoms with Gasteiger partial charge in [0.1, 0.15) is 0 Å². The number of rotatable bonds is 5. The van der Waals surface area contributed by atoms with Crippen molar-refractivity contribution < 1.29 is 8.54 Å². The van der Waals surface area contributed by atoms with E-state index < -0.39 is 15.2 Å². The normalized spacial score (nSPS) is 15.3. The highest BCUT2D eigenvalue weighted by atomic mass is 28.4. The van der Waals surface area contributed by atoms with Crippen molar-refractivity contribution in [3.8, 4) is 0 Å². The Balaban J connectivity index is 2.51. The van der Waals surface area contributed by atoms with Crippen molar-refractivity contribution >= 4 is 18.7 Å². The van der Waals surface area contributed by atoms with E-state index in [0.717, 1.165) is 0 Å². The summed E-state index contributed by atoms with van der Waals surface area (Å²) >= 11 is 0. The fourth-order valence-corrected chi connectivity index (χ4v) is 7.48. The Hall–Kier alpha value is -1.64. The third-order valence-electron chi connectivity index (χ3n) is 3.93. The lowest BCUT2D eigenvalue weighted by Gasteiger charge is -2.42. The van der Waals surface area contributed by atoms with Gasteiger partial charge in [-0.3, -0.25) is 0 Å². The molecule has 116 valence electrons. The molecule has 0 unspecified atom stereocenters. The van der Waals surface area contributed by atoms with E-state index in [-0.39, 0.29) is 11.6 Å². The predicted molar refractivity (Wildman–Crippen MR) is 98.4 cm³/mol. The molecule has 22 heavy (non-hydrogen) atoms. The van der Waals surface area contributed by atoms with Crippen LogP contribution in [0.5, 0.6) is 0 Å². The Bertz CT molecular complexity index is 649. The minimum atomic E-state index is -2.58. The van der Waals surface area contributed by atoms with E-state index in [9.17, 15) is 0 Å². The number of hydrogen-bond acceptors (Lipinski definition) is 1. The van der Waals surface area contributed by atoms with Gasteiger partial charge >= 0.3 is 0 Å². The molecule has 0 aromatic heterocycles. The first kappa shape index (κ1) is 12.9. The maximum absolute atomic E-state index is 7.32. The zero-order chi connectivity index (χ0) is 18.6. The summed E-state index contributed by atoms with van der Waals surface area (Å²) in [7, 11) is -2.58. The van der Waals surface area contributed by atoms with Crippen molar-refractivity contribution in [2.75, 3.05) is 6.61 Å². The van der Waals surface area contributed by atoms with Gasteiger partial charge in [0.05, 0.1) is 6.61 Å². The van der Waals surface area contributed by atoms with Gasteiger partial charge in [0.25, 0.3) is 8.32 Å². The summed E-state index contributed by atoms with van der Waals surface area (Å²) in [5, 5.41) is 2.27. The van der Waals surface area contributed by atoms with Crippen LogP contribution in [-0.2, 0) is 4.43 Å². The van der Waals surface area contributed by atoms with E-state index in [1.807, 2.05) is 36.4 Å². The fraction of sp³-hybridized carbons (Fsp3) is 0.300. The SMILES string of the molecule is [2H]C([2H])([2H])/C=C\CO[Si](c1ccccc1)(c1ccccc1)C(C)(C)C. The lowest BCUT2D eigenvalue weighted by atomic mass is 10.2. The summed E-state index contributed by atoms with van der Waals surface area (Å²) in [6.45, 7) is 4.81. The summed E-state index contributed by atoms with van der Waals surface area (Å²) in [4.78, 5) is 0. The standard InChI is InChI=1S/C20H26OSi/c1-5-6-17-21-22(20(2,3)4,18-13-9-7-10-14-18)19-15-11-8-12-16-19/h5-16H,17H2,1-4H3/b6-5-/i1D3. The second-order valence-corrected chi connectivity index (χ2v) is 10.7. The average Bonchev–Trinajstić information content (AvgIpc) is 2.54. The summed E-state index contributed by atoms with van der Waals surface area (Å²) in [6.07, 6.45) is 2.86. The first-order valence-electron chi connectivity index (χ1n) is 9.09. The van der Waals surface area contributed by atoms with Gasteiger partial charge in [-0.25, -0.2) is 0 Å². The van der Waals surface area contributed by atoms with Crippen LogP contribution in [0.15, 0.2) is 72.8 Å². The fourth-order valence-electron chi connectivity index (χ4n) is 2.98. The molecule has 2 rings (SSSR count). The van der Waals surface area contributed by atoms with E-state index in [2.05, 4.69) is 45.0 Å². The Morgan fingerprint density at radius 2 is 1.45 bits per heavy atom. The van der Waals surface area contributed by atoms with Gasteiger partial charge in [-0.05, 0) is 22.3 Å². The highest BCUT2D eigenvalue weighted by Crippen LogP contribution is 2.36. The van der Waals surface area contributed by atoms with Crippen LogP contribution >= 0.6 is 0 Å². The Labute approximate surface area is 140 Å². The predicted octanol–water partition coefficient (Wildman–Crippen LogP) is 4.14. The number of benzene rings is 2. The Kier molecular flexibility index (Phi) is 4.14. The largest absolute Gasteiger partial charge is 0.404 e. The van der Waals surface area contributed by atoms with Crippen LogP contribution in [0.1, 0.15) is 31.7 Å². The van der Waals surface area contributed by atoms with Crippen LogP contribution in [0.25, 0.3) is 0 Å². The molecule has 0 atom stereocenters. The van der Waals surface area contributed by atoms with Crippen molar-refractivity contribution in [1.29, 1.82) is 0 Å². The zero-order valence-electron chi connectivity index (χ0n) is 16.5. The van der Waals surface area contributed by atoms with Crippen molar-refractivity contribution in [3.63, 3.8) is 0 Å². The van der Waals surface area contributed by atoms with Gasteiger partial charge in [0.15, 0.2) is 0 Å². The second kappa shape index (κ2) is 7.08. The van der Waals surface area contributed by atoms with E-state index in [1.165, 1.54) is 16.4 Å². The van der Waals surface area contributed by atoms with E-state index >= 15 is 0 Å². The van der Waals surface area contributed by atoms with Crippen LogP contribution in [-0.4, -0.2) is 14.9 Å². The zero-order valence-corrected chi connectivity index (χ0v) is 14.5. The molecular weight excluding hydrogens is 284 g/mol. The molecule has 0 spiro atoms. The first-order chi connectivity index (χ1) is 11.7. The summed E-state index contributed by atoms with van der Waals surface area (Å²) in [6, 6.07) is 20.6. The molecule has 0 bridgehead atoms. The van der Waals surface area contributed by atoms with Crippen LogP contribution < -0.4 is 10.4 Å². The van der Waals surface area contributed by atoms with Crippen LogP contribution in [0.4, 0.5) is 0 Å². The quantitative estimate of drug-likeness (QED) is 0.595. The van der Waals surface area contributed by atoms with E-state index in [4.69, 9.17) is 8.54 Å². The van der Waals surface area contributed by atoms with Crippen LogP contribution in [0.2, 0.25) is 5.04 Å². The third kappa shape index (κ3) is 3.23. The van der Waals surface area contributed by atoms with Gasteiger partial charge < -0.3 is 4.43 Å². The van der Waals surface area contributed by atoms with Crippen molar-refractivity contribution in [2.45, 2.75) is 32.7 Å². The second-order valence-electron chi connectivity index (χ2n) is 6.38. The molecule has 0 amide bonds. The van der Waals surface area contributed by atoms with Crippen LogP contribution in [0.3, 0.4) is 0 Å². The number of hydrogen-bond donors (Lipinski definition) is 0. The molecule has 0 saturated heterocycles. The third-order valence-corrected chi connectivity index (χ3v) is 8.94. The lowest BCUT2D eigenvalue weighted by Crippen LogP contribution is -2.66. The Morgan fingerprint density at radius 3 is 1.86 bits per heavy atom. The summed E-state index contributed by atoms with van der Waals surface area (Å²) < 4.78 is 28.5. The van der Waals surface area contributed by atoms with Gasteiger partial charge in [-0.2, -0.15) is 0 Å². The molecule has 1 nitrogen and oxygen atoms in total. The molecule has 0 aliphatic carbocycles. The van der Waals surface area contributed by atoms with Gasteiger partial charge in [0.2, 0.25) is 0 Å². The maximum Gasteiger partial charge on any atom is 0.261 e. The lowest BCUT2D eigenvalue weighted by molar-refractivity contribution is 0.339. The monoisotopic (exact) mass is 313 g/mol. The minimum absolute atomic E-state index is 0.108. The molecule has 0 aliphatic heterocycles. The van der Waals surface area contributed by atoms with Crippen molar-refractivity contribution in [2.24, 2.45) is 0 Å². The Morgan fingerprint density at radius 1 is 0.955 bits per heavy atom. The highest BCUT2D eigenvalue weighted by Gasteiger charge is 2.49. The smallest absolute Gasteiger partial charge is 0.261 e.